The van der Waals surface area contributed by atoms with E-state index in [-0.39, 0.29) is 0 Å². The van der Waals surface area contributed by atoms with Gasteiger partial charge < -0.3 is 24.8 Å². The first-order valence-corrected chi connectivity index (χ1v) is 10.0. The summed E-state index contributed by atoms with van der Waals surface area (Å²) in [6.45, 7) is 8.40. The molecule has 0 bridgehead atoms. The Labute approximate surface area is 167 Å². The molecular weight excluding hydrogens is 354 g/mol. The second kappa shape index (κ2) is 9.96. The van der Waals surface area contributed by atoms with E-state index in [0.29, 0.717) is 12.6 Å². The molecule has 1 unspecified atom stereocenters. The van der Waals surface area contributed by atoms with Crippen LogP contribution >= 0.6 is 0 Å². The Balaban J connectivity index is 1.57. The van der Waals surface area contributed by atoms with Crippen LogP contribution in [0.3, 0.4) is 0 Å². The van der Waals surface area contributed by atoms with E-state index in [2.05, 4.69) is 56.3 Å². The fourth-order valence-corrected chi connectivity index (χ4v) is 3.51. The highest BCUT2D eigenvalue weighted by atomic mass is 16.5. The molecule has 0 aliphatic carbocycles. The molecule has 0 amide bonds. The van der Waals surface area contributed by atoms with Gasteiger partial charge in [0.1, 0.15) is 17.9 Å². The van der Waals surface area contributed by atoms with Gasteiger partial charge in [-0.3, -0.25) is 4.99 Å². The predicted molar refractivity (Wildman–Crippen MR) is 112 cm³/mol. The average molecular weight is 386 g/mol. The van der Waals surface area contributed by atoms with Crippen LogP contribution in [0.25, 0.3) is 0 Å². The smallest absolute Gasteiger partial charge is 0.191 e. The second-order valence-corrected chi connectivity index (χ2v) is 6.80. The highest BCUT2D eigenvalue weighted by Gasteiger charge is 2.25. The molecule has 0 radical (unpaired) electrons. The Kier molecular flexibility index (Phi) is 7.11. The fourth-order valence-electron chi connectivity index (χ4n) is 3.51. The van der Waals surface area contributed by atoms with Crippen molar-refractivity contribution in [3.05, 3.63) is 36.4 Å². The van der Waals surface area contributed by atoms with E-state index < -0.39 is 0 Å². The number of nitrogens with zero attached hydrogens (tertiary/aromatic N) is 5. The van der Waals surface area contributed by atoms with Crippen LogP contribution < -0.4 is 20.3 Å². The number of anilines is 1. The first kappa shape index (κ1) is 20.0. The van der Waals surface area contributed by atoms with Gasteiger partial charge in [0.05, 0.1) is 19.3 Å². The molecule has 28 heavy (non-hydrogen) atoms. The summed E-state index contributed by atoms with van der Waals surface area (Å²) >= 11 is 0. The van der Waals surface area contributed by atoms with Crippen molar-refractivity contribution >= 4 is 11.6 Å². The van der Waals surface area contributed by atoms with E-state index >= 15 is 0 Å². The van der Waals surface area contributed by atoms with Crippen LogP contribution in [0.15, 0.2) is 35.6 Å². The molecule has 1 fully saturated rings. The summed E-state index contributed by atoms with van der Waals surface area (Å²) in [5, 5.41) is 15.0. The Morgan fingerprint density at radius 2 is 2.18 bits per heavy atom. The number of nitrogens with one attached hydrogen (secondary N) is 2. The van der Waals surface area contributed by atoms with E-state index in [1.54, 1.807) is 13.4 Å². The van der Waals surface area contributed by atoms with E-state index in [0.717, 1.165) is 62.2 Å². The lowest BCUT2D eigenvalue weighted by Gasteiger charge is -2.22. The molecule has 1 aromatic heterocycles. The van der Waals surface area contributed by atoms with Crippen LogP contribution in [-0.2, 0) is 13.0 Å². The number of aliphatic imine (C=N–C) groups is 1. The number of hydrogen-bond donors (Lipinski definition) is 2. The monoisotopic (exact) mass is 385 g/mol. The lowest BCUT2D eigenvalue weighted by Crippen LogP contribution is -2.44. The number of guanidine groups is 1. The van der Waals surface area contributed by atoms with Crippen LogP contribution in [0.2, 0.25) is 0 Å². The molecule has 1 saturated heterocycles. The van der Waals surface area contributed by atoms with E-state index in [9.17, 15) is 0 Å². The Morgan fingerprint density at radius 3 is 2.96 bits per heavy atom. The second-order valence-electron chi connectivity index (χ2n) is 6.80. The van der Waals surface area contributed by atoms with Gasteiger partial charge >= 0.3 is 0 Å². The summed E-state index contributed by atoms with van der Waals surface area (Å²) in [5.74, 6) is 2.78. The van der Waals surface area contributed by atoms with Crippen molar-refractivity contribution in [3.63, 3.8) is 0 Å². The zero-order valence-electron chi connectivity index (χ0n) is 17.1. The topological polar surface area (TPSA) is 79.6 Å². The van der Waals surface area contributed by atoms with Gasteiger partial charge in [-0.25, -0.2) is 0 Å². The SMILES string of the molecule is CCNC(=NCCn1cnnc1CC)NC1CCN(c2ccccc2OC)C1. The predicted octanol–water partition coefficient (Wildman–Crippen LogP) is 1.68. The molecule has 0 spiro atoms. The summed E-state index contributed by atoms with van der Waals surface area (Å²) in [6.07, 6.45) is 3.72. The average Bonchev–Trinajstić information content (AvgIpc) is 3.37. The number of aromatic nitrogens is 3. The molecule has 8 nitrogen and oxygen atoms in total. The molecule has 1 atom stereocenters. The van der Waals surface area contributed by atoms with Gasteiger partial charge in [-0.05, 0) is 25.5 Å². The highest BCUT2D eigenvalue weighted by Crippen LogP contribution is 2.30. The molecule has 1 aliphatic rings. The van der Waals surface area contributed by atoms with Crippen LogP contribution in [0.1, 0.15) is 26.1 Å². The molecule has 8 heteroatoms. The maximum atomic E-state index is 5.51. The van der Waals surface area contributed by atoms with Crippen molar-refractivity contribution in [2.75, 3.05) is 38.2 Å². The third-order valence-corrected chi connectivity index (χ3v) is 4.92. The number of para-hydroxylation sites is 2. The zero-order chi connectivity index (χ0) is 19.8. The van der Waals surface area contributed by atoms with E-state index in [4.69, 9.17) is 9.73 Å². The molecule has 3 rings (SSSR count). The quantitative estimate of drug-likeness (QED) is 0.532. The first-order valence-electron chi connectivity index (χ1n) is 10.0. The minimum Gasteiger partial charge on any atom is -0.495 e. The van der Waals surface area contributed by atoms with Crippen molar-refractivity contribution in [1.82, 2.24) is 25.4 Å². The summed E-state index contributed by atoms with van der Waals surface area (Å²) in [4.78, 5) is 7.10. The molecule has 1 aromatic carbocycles. The number of ether oxygens (including phenoxy) is 1. The molecular formula is C20H31N7O. The Hall–Kier alpha value is -2.77. The van der Waals surface area contributed by atoms with Gasteiger partial charge in [-0.2, -0.15) is 0 Å². The highest BCUT2D eigenvalue weighted by molar-refractivity contribution is 5.80. The lowest BCUT2D eigenvalue weighted by molar-refractivity contribution is 0.415. The van der Waals surface area contributed by atoms with Crippen molar-refractivity contribution in [1.29, 1.82) is 0 Å². The van der Waals surface area contributed by atoms with Gasteiger partial charge in [0, 0.05) is 38.6 Å². The van der Waals surface area contributed by atoms with Gasteiger partial charge in [-0.15, -0.1) is 10.2 Å². The zero-order valence-corrected chi connectivity index (χ0v) is 17.1. The molecule has 1 aliphatic heterocycles. The summed E-state index contributed by atoms with van der Waals surface area (Å²) in [7, 11) is 1.72. The number of rotatable bonds is 8. The maximum absolute atomic E-state index is 5.51. The van der Waals surface area contributed by atoms with Crippen molar-refractivity contribution in [2.45, 2.75) is 39.3 Å². The molecule has 2 aromatic rings. The molecule has 152 valence electrons. The Morgan fingerprint density at radius 1 is 1.32 bits per heavy atom. The van der Waals surface area contributed by atoms with Crippen LogP contribution in [-0.4, -0.2) is 60.1 Å². The lowest BCUT2D eigenvalue weighted by atomic mass is 10.2. The van der Waals surface area contributed by atoms with E-state index in [1.165, 1.54) is 0 Å². The summed E-state index contributed by atoms with van der Waals surface area (Å²) in [5.41, 5.74) is 1.15. The number of hydrogen-bond acceptors (Lipinski definition) is 5. The molecule has 2 heterocycles. The maximum Gasteiger partial charge on any atom is 0.191 e. The van der Waals surface area contributed by atoms with Gasteiger partial charge in [-0.1, -0.05) is 19.1 Å². The summed E-state index contributed by atoms with van der Waals surface area (Å²) < 4.78 is 7.57. The fraction of sp³-hybridized carbons (Fsp3) is 0.550. The standard InChI is InChI=1S/C20H31N7O/c1-4-19-25-23-15-27(19)13-11-22-20(21-5-2)24-16-10-12-26(14-16)17-8-6-7-9-18(17)28-3/h6-9,15-16H,4-5,10-14H2,1-3H3,(H2,21,22,24). The molecule has 0 saturated carbocycles. The number of aryl methyl sites for hydroxylation is 1. The van der Waals surface area contributed by atoms with Gasteiger partial charge in [0.15, 0.2) is 5.96 Å². The minimum atomic E-state index is 0.351. The Bertz CT molecular complexity index is 773. The third-order valence-electron chi connectivity index (χ3n) is 4.92. The molecule has 2 N–H and O–H groups in total. The minimum absolute atomic E-state index is 0.351. The van der Waals surface area contributed by atoms with Gasteiger partial charge in [0.25, 0.3) is 0 Å². The summed E-state index contributed by atoms with van der Waals surface area (Å²) in [6, 6.07) is 8.54. The normalized spacial score (nSPS) is 17.0. The third kappa shape index (κ3) is 4.94. The van der Waals surface area contributed by atoms with Crippen molar-refractivity contribution in [3.8, 4) is 5.75 Å². The number of benzene rings is 1. The van der Waals surface area contributed by atoms with E-state index in [1.807, 2.05) is 12.1 Å². The van der Waals surface area contributed by atoms with Crippen LogP contribution in [0.5, 0.6) is 5.75 Å². The number of methoxy groups -OCH3 is 1. The van der Waals surface area contributed by atoms with Gasteiger partial charge in [0.2, 0.25) is 0 Å². The largest absolute Gasteiger partial charge is 0.495 e. The first-order chi connectivity index (χ1) is 13.7. The van der Waals surface area contributed by atoms with Crippen LogP contribution in [0.4, 0.5) is 5.69 Å². The van der Waals surface area contributed by atoms with Crippen LogP contribution in [0, 0.1) is 0 Å². The van der Waals surface area contributed by atoms with Crippen molar-refractivity contribution < 1.29 is 4.74 Å². The van der Waals surface area contributed by atoms with Crippen molar-refractivity contribution in [2.24, 2.45) is 4.99 Å².